The number of fused-ring (bicyclic) bond motifs is 1. The third-order valence-corrected chi connectivity index (χ3v) is 4.35. The number of aryl methyl sites for hydroxylation is 1. The van der Waals surface area contributed by atoms with Crippen LogP contribution < -0.4 is 4.72 Å². The van der Waals surface area contributed by atoms with E-state index >= 15 is 0 Å². The maximum absolute atomic E-state index is 11.5. The summed E-state index contributed by atoms with van der Waals surface area (Å²) in [5.41, 5.74) is 0.809. The average molecular weight is 282 g/mol. The van der Waals surface area contributed by atoms with Gasteiger partial charge in [-0.05, 0) is 25.0 Å². The topological polar surface area (TPSA) is 76.4 Å². The van der Waals surface area contributed by atoms with E-state index in [0.717, 1.165) is 11.5 Å². The first-order chi connectivity index (χ1) is 9.12. The summed E-state index contributed by atoms with van der Waals surface area (Å²) in [5.74, 6) is 1.03. The van der Waals surface area contributed by atoms with Crippen molar-refractivity contribution in [2.24, 2.45) is 0 Å². The number of pyridine rings is 1. The Morgan fingerprint density at radius 3 is 2.95 bits per heavy atom. The van der Waals surface area contributed by atoms with Crippen LogP contribution in [0.2, 0.25) is 0 Å². The Bertz CT molecular complexity index is 636. The molecule has 0 radical (unpaired) electrons. The van der Waals surface area contributed by atoms with Crippen LogP contribution in [0, 0.1) is 0 Å². The second-order valence-corrected chi connectivity index (χ2v) is 6.29. The highest BCUT2D eigenvalue weighted by Crippen LogP contribution is 2.04. The van der Waals surface area contributed by atoms with Crippen molar-refractivity contribution < 1.29 is 8.42 Å². The SMILES string of the molecule is CCCS(=O)(=O)NCCCc1nnc2ccccn12. The minimum Gasteiger partial charge on any atom is -0.286 e. The number of aromatic nitrogens is 3. The lowest BCUT2D eigenvalue weighted by Gasteiger charge is -2.04. The standard InChI is InChI=1S/C12H18N4O2S/c1-2-10-19(17,18)13-8-5-7-12-15-14-11-6-3-4-9-16(11)12/h3-4,6,9,13H,2,5,7-8,10H2,1H3. The van der Waals surface area contributed by atoms with Crippen LogP contribution in [0.1, 0.15) is 25.6 Å². The molecule has 0 aliphatic carbocycles. The zero-order valence-corrected chi connectivity index (χ0v) is 11.7. The van der Waals surface area contributed by atoms with Crippen molar-refractivity contribution in [2.75, 3.05) is 12.3 Å². The van der Waals surface area contributed by atoms with E-state index in [1.54, 1.807) is 0 Å². The molecule has 19 heavy (non-hydrogen) atoms. The van der Waals surface area contributed by atoms with Crippen LogP contribution in [0.15, 0.2) is 24.4 Å². The van der Waals surface area contributed by atoms with Gasteiger partial charge in [0.2, 0.25) is 10.0 Å². The molecule has 7 heteroatoms. The normalized spacial score (nSPS) is 12.1. The number of nitrogens with one attached hydrogen (secondary N) is 1. The summed E-state index contributed by atoms with van der Waals surface area (Å²) < 4.78 is 27.4. The third kappa shape index (κ3) is 3.74. The van der Waals surface area contributed by atoms with Crippen molar-refractivity contribution in [1.82, 2.24) is 19.3 Å². The van der Waals surface area contributed by atoms with Crippen LogP contribution in [-0.4, -0.2) is 35.3 Å². The van der Waals surface area contributed by atoms with Crippen molar-refractivity contribution in [2.45, 2.75) is 26.2 Å². The van der Waals surface area contributed by atoms with Crippen molar-refractivity contribution in [3.8, 4) is 0 Å². The molecule has 0 saturated carbocycles. The Morgan fingerprint density at radius 2 is 2.16 bits per heavy atom. The minimum absolute atomic E-state index is 0.181. The molecule has 0 aromatic carbocycles. The Morgan fingerprint density at radius 1 is 1.32 bits per heavy atom. The fourth-order valence-electron chi connectivity index (χ4n) is 1.88. The first-order valence-electron chi connectivity index (χ1n) is 6.38. The van der Waals surface area contributed by atoms with Gasteiger partial charge in [-0.25, -0.2) is 13.1 Å². The first kappa shape index (κ1) is 14.0. The van der Waals surface area contributed by atoms with E-state index in [9.17, 15) is 8.42 Å². The van der Waals surface area contributed by atoms with Crippen LogP contribution in [0.4, 0.5) is 0 Å². The molecule has 0 saturated heterocycles. The summed E-state index contributed by atoms with van der Waals surface area (Å²) in [6.45, 7) is 2.28. The minimum atomic E-state index is -3.11. The Balaban J connectivity index is 1.86. The quantitative estimate of drug-likeness (QED) is 0.768. The fraction of sp³-hybridized carbons (Fsp3) is 0.500. The molecule has 2 aromatic rings. The van der Waals surface area contributed by atoms with Gasteiger partial charge in [-0.3, -0.25) is 4.40 Å². The van der Waals surface area contributed by atoms with Gasteiger partial charge in [-0.1, -0.05) is 13.0 Å². The van der Waals surface area contributed by atoms with Crippen molar-refractivity contribution in [3.63, 3.8) is 0 Å². The van der Waals surface area contributed by atoms with E-state index in [-0.39, 0.29) is 5.75 Å². The zero-order chi connectivity index (χ0) is 13.7. The number of rotatable bonds is 7. The molecular weight excluding hydrogens is 264 g/mol. The average Bonchev–Trinajstić information content (AvgIpc) is 2.78. The lowest BCUT2D eigenvalue weighted by molar-refractivity contribution is 0.576. The molecule has 0 aliphatic heterocycles. The van der Waals surface area contributed by atoms with E-state index in [0.29, 0.717) is 25.8 Å². The summed E-state index contributed by atoms with van der Waals surface area (Å²) in [6.07, 6.45) is 3.94. The van der Waals surface area contributed by atoms with Gasteiger partial charge in [0.1, 0.15) is 5.82 Å². The Labute approximate surface area is 112 Å². The maximum Gasteiger partial charge on any atom is 0.211 e. The summed E-state index contributed by atoms with van der Waals surface area (Å²) in [7, 11) is -3.11. The van der Waals surface area contributed by atoms with E-state index in [2.05, 4.69) is 14.9 Å². The number of nitrogens with zero attached hydrogens (tertiary/aromatic N) is 3. The summed E-state index contributed by atoms with van der Waals surface area (Å²) in [4.78, 5) is 0. The second kappa shape index (κ2) is 6.12. The molecule has 104 valence electrons. The summed E-state index contributed by atoms with van der Waals surface area (Å²) in [5, 5.41) is 8.15. The molecule has 0 spiro atoms. The monoisotopic (exact) mass is 282 g/mol. The van der Waals surface area contributed by atoms with Gasteiger partial charge in [0, 0.05) is 19.2 Å². The third-order valence-electron chi connectivity index (χ3n) is 2.76. The fourth-order valence-corrected chi connectivity index (χ4v) is 3.01. The maximum atomic E-state index is 11.5. The molecule has 0 atom stereocenters. The molecule has 0 amide bonds. The summed E-state index contributed by atoms with van der Waals surface area (Å²) >= 11 is 0. The van der Waals surface area contributed by atoms with E-state index in [1.807, 2.05) is 35.7 Å². The molecule has 0 unspecified atom stereocenters. The molecule has 0 aliphatic rings. The largest absolute Gasteiger partial charge is 0.286 e. The molecule has 2 rings (SSSR count). The Kier molecular flexibility index (Phi) is 4.49. The van der Waals surface area contributed by atoms with Crippen molar-refractivity contribution in [3.05, 3.63) is 30.2 Å². The molecule has 2 heterocycles. The van der Waals surface area contributed by atoms with E-state index in [4.69, 9.17) is 0 Å². The van der Waals surface area contributed by atoms with Gasteiger partial charge >= 0.3 is 0 Å². The summed E-state index contributed by atoms with van der Waals surface area (Å²) in [6, 6.07) is 5.72. The van der Waals surface area contributed by atoms with Crippen LogP contribution in [-0.2, 0) is 16.4 Å². The highest BCUT2D eigenvalue weighted by molar-refractivity contribution is 7.89. The smallest absolute Gasteiger partial charge is 0.211 e. The molecule has 6 nitrogen and oxygen atoms in total. The van der Waals surface area contributed by atoms with Crippen molar-refractivity contribution in [1.29, 1.82) is 0 Å². The van der Waals surface area contributed by atoms with E-state index in [1.165, 1.54) is 0 Å². The van der Waals surface area contributed by atoms with Crippen LogP contribution in [0.25, 0.3) is 5.65 Å². The highest BCUT2D eigenvalue weighted by Gasteiger charge is 2.08. The lowest BCUT2D eigenvalue weighted by atomic mass is 10.3. The van der Waals surface area contributed by atoms with Gasteiger partial charge < -0.3 is 0 Å². The molecular formula is C12H18N4O2S. The predicted molar refractivity (Wildman–Crippen MR) is 73.4 cm³/mol. The van der Waals surface area contributed by atoms with Gasteiger partial charge in [0.25, 0.3) is 0 Å². The van der Waals surface area contributed by atoms with Crippen LogP contribution >= 0.6 is 0 Å². The second-order valence-electron chi connectivity index (χ2n) is 4.36. The number of sulfonamides is 1. The Hall–Kier alpha value is -1.47. The highest BCUT2D eigenvalue weighted by atomic mass is 32.2. The van der Waals surface area contributed by atoms with E-state index < -0.39 is 10.0 Å². The number of hydrogen-bond acceptors (Lipinski definition) is 4. The van der Waals surface area contributed by atoms with Crippen LogP contribution in [0.3, 0.4) is 0 Å². The van der Waals surface area contributed by atoms with Crippen molar-refractivity contribution >= 4 is 15.7 Å². The molecule has 1 N–H and O–H groups in total. The zero-order valence-electron chi connectivity index (χ0n) is 10.9. The molecule has 0 fully saturated rings. The van der Waals surface area contributed by atoms with Gasteiger partial charge in [0.05, 0.1) is 5.75 Å². The molecule has 2 aromatic heterocycles. The number of hydrogen-bond donors (Lipinski definition) is 1. The van der Waals surface area contributed by atoms with Gasteiger partial charge in [-0.15, -0.1) is 10.2 Å². The van der Waals surface area contributed by atoms with Gasteiger partial charge in [-0.2, -0.15) is 0 Å². The van der Waals surface area contributed by atoms with Crippen LogP contribution in [0.5, 0.6) is 0 Å². The molecule has 0 bridgehead atoms. The van der Waals surface area contributed by atoms with Gasteiger partial charge in [0.15, 0.2) is 5.65 Å². The predicted octanol–water partition coefficient (Wildman–Crippen LogP) is 0.991. The lowest BCUT2D eigenvalue weighted by Crippen LogP contribution is -2.27. The first-order valence-corrected chi connectivity index (χ1v) is 8.03.